The minimum absolute atomic E-state index is 0.375. The molecule has 0 saturated carbocycles. The van der Waals surface area contributed by atoms with Crippen LogP contribution in [0.1, 0.15) is 38.0 Å². The number of hydrogen-bond acceptors (Lipinski definition) is 3. The van der Waals surface area contributed by atoms with Gasteiger partial charge in [-0.1, -0.05) is 54.6 Å². The van der Waals surface area contributed by atoms with E-state index in [1.807, 2.05) is 36.4 Å². The Kier molecular flexibility index (Phi) is 5.79. The molecule has 1 heterocycles. The van der Waals surface area contributed by atoms with Gasteiger partial charge in [0.1, 0.15) is 0 Å². The number of hydrogen-bond donors (Lipinski definition) is 1. The lowest BCUT2D eigenvalue weighted by Gasteiger charge is -2.13. The largest absolute Gasteiger partial charge is 0.416 e. The second kappa shape index (κ2) is 9.23. The quantitative estimate of drug-likeness (QED) is 0.127. The first-order valence-electron chi connectivity index (χ1n) is 13.0. The number of fused-ring (bicyclic) bond motifs is 7. The fourth-order valence-corrected chi connectivity index (χ4v) is 7.40. The second-order valence-electron chi connectivity index (χ2n) is 10.3. The molecule has 208 valence electrons. The molecule has 0 amide bonds. The number of nitriles is 1. The van der Waals surface area contributed by atoms with Gasteiger partial charge >= 0.3 is 12.4 Å². The average molecular weight is 589 g/mol. The van der Waals surface area contributed by atoms with E-state index in [0.717, 1.165) is 78.5 Å². The lowest BCUT2D eigenvalue weighted by atomic mass is 9.94. The fourth-order valence-electron chi connectivity index (χ4n) is 5.98. The van der Waals surface area contributed by atoms with Crippen molar-refractivity contribution in [1.29, 1.82) is 5.26 Å². The van der Waals surface area contributed by atoms with Gasteiger partial charge in [0, 0.05) is 27.3 Å². The highest BCUT2D eigenvalue weighted by molar-refractivity contribution is 7.13. The predicted molar refractivity (Wildman–Crippen MR) is 149 cm³/mol. The Morgan fingerprint density at radius 3 is 1.74 bits per heavy atom. The first-order valence-corrected chi connectivity index (χ1v) is 13.8. The molecule has 0 saturated heterocycles. The lowest BCUT2D eigenvalue weighted by molar-refractivity contribution is -0.138. The SMILES string of the molecule is N#CNC1c2cc(-c3ccc(C(F)(F)F)cc3)ccc2-c2c1sc1c2-c2ccc(-c3ccc(C(F)(F)F)cc3)cc2C1. The van der Waals surface area contributed by atoms with Gasteiger partial charge in [-0.25, -0.2) is 0 Å². The van der Waals surface area contributed by atoms with Gasteiger partial charge in [0.2, 0.25) is 0 Å². The van der Waals surface area contributed by atoms with E-state index in [0.29, 0.717) is 17.5 Å². The van der Waals surface area contributed by atoms with Crippen molar-refractivity contribution in [2.75, 3.05) is 0 Å². The Morgan fingerprint density at radius 2 is 1.19 bits per heavy atom. The van der Waals surface area contributed by atoms with Crippen molar-refractivity contribution in [3.8, 4) is 50.7 Å². The van der Waals surface area contributed by atoms with Crippen LogP contribution in [-0.2, 0) is 18.8 Å². The summed E-state index contributed by atoms with van der Waals surface area (Å²) in [5.41, 5.74) is 7.63. The van der Waals surface area contributed by atoms with Crippen molar-refractivity contribution in [2.24, 2.45) is 0 Å². The number of nitrogens with zero attached hydrogens (tertiary/aromatic N) is 1. The Morgan fingerprint density at radius 1 is 0.667 bits per heavy atom. The van der Waals surface area contributed by atoms with Crippen LogP contribution in [0.15, 0.2) is 84.9 Å². The molecule has 42 heavy (non-hydrogen) atoms. The van der Waals surface area contributed by atoms with Crippen LogP contribution in [-0.4, -0.2) is 0 Å². The molecular weight excluding hydrogens is 570 g/mol. The van der Waals surface area contributed by atoms with Crippen LogP contribution in [0.25, 0.3) is 44.5 Å². The molecule has 2 aliphatic carbocycles. The van der Waals surface area contributed by atoms with Crippen molar-refractivity contribution in [3.05, 3.63) is 117 Å². The summed E-state index contributed by atoms with van der Waals surface area (Å²) in [6, 6.07) is 21.5. The summed E-state index contributed by atoms with van der Waals surface area (Å²) in [5, 5.41) is 12.5. The summed E-state index contributed by atoms with van der Waals surface area (Å²) in [7, 11) is 0. The Hall–Kier alpha value is -4.55. The van der Waals surface area contributed by atoms with Crippen LogP contribution in [0.2, 0.25) is 0 Å². The van der Waals surface area contributed by atoms with Gasteiger partial charge in [0.15, 0.2) is 6.19 Å². The predicted octanol–water partition coefficient (Wildman–Crippen LogP) is 9.83. The standard InChI is InChI=1S/C33H18F6N2S/c34-32(35,36)22-7-1-17(2-8-22)19-5-11-24-21(13-19)15-27-28(24)29-25-12-6-20(14-26(25)30(41-16-40)31(29)42-27)18-3-9-23(10-4-18)33(37,38)39/h1-14,30,41H,15H2. The van der Waals surface area contributed by atoms with Gasteiger partial charge in [0.25, 0.3) is 0 Å². The summed E-state index contributed by atoms with van der Waals surface area (Å²) in [6.45, 7) is 0. The molecule has 0 aliphatic heterocycles. The van der Waals surface area contributed by atoms with Gasteiger partial charge in [0.05, 0.1) is 17.2 Å². The maximum Gasteiger partial charge on any atom is 0.416 e. The van der Waals surface area contributed by atoms with Crippen LogP contribution in [0, 0.1) is 11.5 Å². The Balaban J connectivity index is 1.27. The molecule has 1 unspecified atom stereocenters. The van der Waals surface area contributed by atoms with Crippen molar-refractivity contribution in [2.45, 2.75) is 24.8 Å². The maximum atomic E-state index is 13.1. The van der Waals surface area contributed by atoms with Gasteiger partial charge in [-0.05, 0) is 74.8 Å². The van der Waals surface area contributed by atoms with E-state index in [2.05, 4.69) is 11.5 Å². The van der Waals surface area contributed by atoms with Gasteiger partial charge in [-0.3, -0.25) is 0 Å². The van der Waals surface area contributed by atoms with Crippen LogP contribution in [0.4, 0.5) is 26.3 Å². The van der Waals surface area contributed by atoms with Crippen molar-refractivity contribution in [1.82, 2.24) is 5.32 Å². The lowest BCUT2D eigenvalue weighted by Crippen LogP contribution is -2.13. The zero-order chi connectivity index (χ0) is 29.4. The molecule has 4 aromatic carbocycles. The molecule has 1 N–H and O–H groups in total. The highest BCUT2D eigenvalue weighted by atomic mass is 32.1. The topological polar surface area (TPSA) is 35.8 Å². The van der Waals surface area contributed by atoms with E-state index >= 15 is 0 Å². The third kappa shape index (κ3) is 4.17. The van der Waals surface area contributed by atoms with Crippen molar-refractivity contribution < 1.29 is 26.3 Å². The van der Waals surface area contributed by atoms with E-state index in [1.165, 1.54) is 24.3 Å². The molecular formula is C33H18F6N2S. The van der Waals surface area contributed by atoms with Crippen LogP contribution in [0.3, 0.4) is 0 Å². The van der Waals surface area contributed by atoms with Gasteiger partial charge in [-0.2, -0.15) is 31.6 Å². The number of nitrogens with one attached hydrogen (secondary N) is 1. The van der Waals surface area contributed by atoms with Crippen LogP contribution >= 0.6 is 11.3 Å². The van der Waals surface area contributed by atoms with E-state index in [-0.39, 0.29) is 6.04 Å². The smallest absolute Gasteiger partial charge is 0.311 e. The van der Waals surface area contributed by atoms with Crippen molar-refractivity contribution in [3.63, 3.8) is 0 Å². The number of benzene rings is 4. The van der Waals surface area contributed by atoms with E-state index < -0.39 is 23.5 Å². The summed E-state index contributed by atoms with van der Waals surface area (Å²) in [5.74, 6) is 0. The molecule has 1 atom stereocenters. The number of thiophene rings is 1. The Bertz CT molecular complexity index is 1910. The molecule has 0 radical (unpaired) electrons. The average Bonchev–Trinajstić information content (AvgIpc) is 3.59. The number of rotatable bonds is 3. The van der Waals surface area contributed by atoms with Crippen LogP contribution < -0.4 is 5.32 Å². The molecule has 0 spiro atoms. The summed E-state index contributed by atoms with van der Waals surface area (Å²) >= 11 is 1.62. The van der Waals surface area contributed by atoms with Crippen LogP contribution in [0.5, 0.6) is 0 Å². The molecule has 5 aromatic rings. The zero-order valence-corrected chi connectivity index (χ0v) is 22.3. The normalized spacial score (nSPS) is 15.0. The maximum absolute atomic E-state index is 13.1. The minimum Gasteiger partial charge on any atom is -0.311 e. The summed E-state index contributed by atoms with van der Waals surface area (Å²) in [4.78, 5) is 2.17. The molecule has 7 rings (SSSR count). The molecule has 1 aromatic heterocycles. The van der Waals surface area contributed by atoms with Gasteiger partial charge < -0.3 is 5.32 Å². The highest BCUT2D eigenvalue weighted by Gasteiger charge is 2.38. The number of alkyl halides is 6. The molecule has 0 bridgehead atoms. The summed E-state index contributed by atoms with van der Waals surface area (Å²) in [6.07, 6.45) is -6.07. The number of halogens is 6. The molecule has 0 fully saturated rings. The Labute approximate surface area is 240 Å². The third-order valence-corrected chi connectivity index (χ3v) is 9.18. The van der Waals surface area contributed by atoms with E-state index in [1.54, 1.807) is 11.3 Å². The van der Waals surface area contributed by atoms with E-state index in [4.69, 9.17) is 0 Å². The summed E-state index contributed by atoms with van der Waals surface area (Å²) < 4.78 is 78.2. The van der Waals surface area contributed by atoms with E-state index in [9.17, 15) is 31.6 Å². The third-order valence-electron chi connectivity index (χ3n) is 7.93. The fraction of sp³-hybridized carbons (Fsp3) is 0.121. The first kappa shape index (κ1) is 26.4. The zero-order valence-electron chi connectivity index (χ0n) is 21.5. The highest BCUT2D eigenvalue weighted by Crippen LogP contribution is 2.57. The second-order valence-corrected chi connectivity index (χ2v) is 11.5. The minimum atomic E-state index is -4.41. The van der Waals surface area contributed by atoms with Gasteiger partial charge in [-0.15, -0.1) is 11.3 Å². The first-order chi connectivity index (χ1) is 20.0. The molecule has 9 heteroatoms. The monoisotopic (exact) mass is 588 g/mol. The molecule has 2 aliphatic rings. The van der Waals surface area contributed by atoms with Crippen molar-refractivity contribution >= 4 is 11.3 Å². The molecule has 2 nitrogen and oxygen atoms in total.